The van der Waals surface area contributed by atoms with Crippen molar-refractivity contribution in [1.29, 1.82) is 0 Å². The Kier molecular flexibility index (Phi) is 3.33. The Hall–Kier alpha value is -1.56. The number of alkyl carbamates (subject to hydrolysis) is 1. The van der Waals surface area contributed by atoms with E-state index in [9.17, 15) is 9.59 Å². The van der Waals surface area contributed by atoms with E-state index in [4.69, 9.17) is 5.11 Å². The van der Waals surface area contributed by atoms with Crippen LogP contribution in [0.25, 0.3) is 0 Å². The smallest absolute Gasteiger partial charge is 0.408 e. The van der Waals surface area contributed by atoms with E-state index < -0.39 is 24.2 Å². The maximum Gasteiger partial charge on any atom is 0.408 e. The van der Waals surface area contributed by atoms with Gasteiger partial charge in [0.1, 0.15) is 0 Å². The molecule has 0 saturated carbocycles. The van der Waals surface area contributed by atoms with Crippen molar-refractivity contribution in [2.75, 3.05) is 0 Å². The van der Waals surface area contributed by atoms with Gasteiger partial charge in [0.25, 0.3) is 0 Å². The first-order chi connectivity index (χ1) is 8.06. The molecule has 2 N–H and O–H groups in total. The van der Waals surface area contributed by atoms with E-state index in [1.807, 2.05) is 24.3 Å². The first-order valence-electron chi connectivity index (χ1n) is 5.00. The third kappa shape index (κ3) is 2.76. The van der Waals surface area contributed by atoms with Gasteiger partial charge in [-0.3, -0.25) is 0 Å². The molecule has 0 bridgehead atoms. The van der Waals surface area contributed by atoms with Crippen LogP contribution in [0.3, 0.4) is 0 Å². The summed E-state index contributed by atoms with van der Waals surface area (Å²) in [7, 11) is 0. The van der Waals surface area contributed by atoms with E-state index in [0.717, 1.165) is 10.0 Å². The second-order valence-corrected chi connectivity index (χ2v) is 4.66. The third-order valence-corrected chi connectivity index (χ3v) is 2.98. The van der Waals surface area contributed by atoms with E-state index >= 15 is 0 Å². The van der Waals surface area contributed by atoms with E-state index in [1.165, 1.54) is 0 Å². The lowest BCUT2D eigenvalue weighted by Crippen LogP contribution is -2.38. The van der Waals surface area contributed by atoms with Crippen molar-refractivity contribution in [1.82, 2.24) is 5.32 Å². The van der Waals surface area contributed by atoms with Gasteiger partial charge in [0.15, 0.2) is 0 Å². The van der Waals surface area contributed by atoms with E-state index in [0.29, 0.717) is 6.42 Å². The van der Waals surface area contributed by atoms with Crippen molar-refractivity contribution in [3.05, 3.63) is 34.3 Å². The fourth-order valence-electron chi connectivity index (χ4n) is 1.76. The summed E-state index contributed by atoms with van der Waals surface area (Å²) in [6.45, 7) is 0. The molecule has 1 aromatic rings. The molecular formula is C11H10BrNO4. The number of amides is 1. The molecule has 1 amide bonds. The number of aliphatic carboxylic acids is 1. The van der Waals surface area contributed by atoms with Crippen LogP contribution >= 0.6 is 15.9 Å². The summed E-state index contributed by atoms with van der Waals surface area (Å²) in [5.41, 5.74) is 0.932. The van der Waals surface area contributed by atoms with E-state index in [-0.39, 0.29) is 0 Å². The van der Waals surface area contributed by atoms with Crippen molar-refractivity contribution < 1.29 is 19.4 Å². The zero-order chi connectivity index (χ0) is 12.4. The van der Waals surface area contributed by atoms with Crippen LogP contribution in [-0.2, 0) is 16.0 Å². The monoisotopic (exact) mass is 299 g/mol. The summed E-state index contributed by atoms with van der Waals surface area (Å²) < 4.78 is 5.59. The first kappa shape index (κ1) is 11.9. The molecule has 17 heavy (non-hydrogen) atoms. The molecule has 0 spiro atoms. The molecule has 90 valence electrons. The normalized spacial score (nSPS) is 23.0. The van der Waals surface area contributed by atoms with Crippen molar-refractivity contribution in [3.8, 4) is 0 Å². The minimum Gasteiger partial charge on any atom is -0.478 e. The van der Waals surface area contributed by atoms with Gasteiger partial charge in [-0.2, -0.15) is 0 Å². The second-order valence-electron chi connectivity index (χ2n) is 3.75. The largest absolute Gasteiger partial charge is 0.478 e. The Morgan fingerprint density at radius 1 is 1.53 bits per heavy atom. The highest BCUT2D eigenvalue weighted by Crippen LogP contribution is 2.17. The molecule has 1 fully saturated rings. The van der Waals surface area contributed by atoms with Crippen LogP contribution in [0.5, 0.6) is 0 Å². The van der Waals surface area contributed by atoms with E-state index in [1.54, 1.807) is 0 Å². The fraction of sp³-hybridized carbons (Fsp3) is 0.273. The Morgan fingerprint density at radius 2 is 2.29 bits per heavy atom. The third-order valence-electron chi connectivity index (χ3n) is 2.49. The number of carbonyl (C=O) groups is 2. The van der Waals surface area contributed by atoms with Crippen LogP contribution in [0.2, 0.25) is 0 Å². The van der Waals surface area contributed by atoms with Gasteiger partial charge in [0, 0.05) is 4.47 Å². The molecule has 2 atom stereocenters. The lowest BCUT2D eigenvalue weighted by Gasteiger charge is -2.13. The highest BCUT2D eigenvalue weighted by Gasteiger charge is 2.39. The van der Waals surface area contributed by atoms with E-state index in [2.05, 4.69) is 26.0 Å². The standard InChI is InChI=1S/C11H10BrNO4/c12-7-3-1-2-6(4-7)5-8-9(10(14)15)17-11(16)13-8/h1-4,8-9H,5H2,(H,13,16)(H,14,15). The summed E-state index contributed by atoms with van der Waals surface area (Å²) in [5, 5.41) is 11.4. The molecule has 5 nitrogen and oxygen atoms in total. The Labute approximate surface area is 106 Å². The van der Waals surface area contributed by atoms with Gasteiger partial charge in [-0.15, -0.1) is 0 Å². The molecule has 1 saturated heterocycles. The fourth-order valence-corrected chi connectivity index (χ4v) is 2.20. The number of halogens is 1. The van der Waals surface area contributed by atoms with Crippen molar-refractivity contribution in [3.63, 3.8) is 0 Å². The molecular weight excluding hydrogens is 290 g/mol. The number of rotatable bonds is 3. The van der Waals surface area contributed by atoms with Gasteiger partial charge in [-0.05, 0) is 24.1 Å². The average Bonchev–Trinajstić information content (AvgIpc) is 2.59. The number of carboxylic acids is 1. The molecule has 0 aromatic heterocycles. The van der Waals surface area contributed by atoms with Gasteiger partial charge in [0.05, 0.1) is 6.04 Å². The number of hydrogen-bond donors (Lipinski definition) is 2. The van der Waals surface area contributed by atoms with Crippen molar-refractivity contribution >= 4 is 28.0 Å². The van der Waals surface area contributed by atoms with Crippen LogP contribution in [0.1, 0.15) is 5.56 Å². The van der Waals surface area contributed by atoms with Crippen LogP contribution in [0.4, 0.5) is 4.79 Å². The predicted molar refractivity (Wildman–Crippen MR) is 62.7 cm³/mol. The number of nitrogens with one attached hydrogen (secondary N) is 1. The maximum absolute atomic E-state index is 11.0. The molecule has 0 radical (unpaired) electrons. The minimum atomic E-state index is -1.14. The molecule has 2 rings (SSSR count). The number of ether oxygens (including phenoxy) is 1. The van der Waals surface area contributed by atoms with Crippen molar-refractivity contribution in [2.45, 2.75) is 18.6 Å². The van der Waals surface area contributed by atoms with Gasteiger partial charge >= 0.3 is 12.1 Å². The number of carboxylic acid groups (broad SMARTS) is 1. The van der Waals surface area contributed by atoms with Gasteiger partial charge in [-0.1, -0.05) is 28.1 Å². The summed E-state index contributed by atoms with van der Waals surface area (Å²) in [5.74, 6) is -1.14. The quantitative estimate of drug-likeness (QED) is 0.888. The Morgan fingerprint density at radius 3 is 2.94 bits per heavy atom. The molecule has 6 heteroatoms. The van der Waals surface area contributed by atoms with Gasteiger partial charge < -0.3 is 15.2 Å². The number of hydrogen-bond acceptors (Lipinski definition) is 3. The van der Waals surface area contributed by atoms with Gasteiger partial charge in [0.2, 0.25) is 6.10 Å². The molecule has 1 aliphatic rings. The van der Waals surface area contributed by atoms with Crippen molar-refractivity contribution in [2.24, 2.45) is 0 Å². The molecule has 1 aliphatic heterocycles. The first-order valence-corrected chi connectivity index (χ1v) is 5.80. The highest BCUT2D eigenvalue weighted by atomic mass is 79.9. The van der Waals surface area contributed by atoms with Crippen LogP contribution in [0.15, 0.2) is 28.7 Å². The van der Waals surface area contributed by atoms with Crippen LogP contribution in [-0.4, -0.2) is 29.3 Å². The molecule has 2 unspecified atom stereocenters. The summed E-state index contributed by atoms with van der Waals surface area (Å²) in [4.78, 5) is 21.9. The van der Waals surface area contributed by atoms with Crippen LogP contribution in [0, 0.1) is 0 Å². The second kappa shape index (κ2) is 4.75. The minimum absolute atomic E-state index is 0.419. The maximum atomic E-state index is 11.0. The predicted octanol–water partition coefficient (Wildman–Crippen LogP) is 1.55. The topological polar surface area (TPSA) is 75.6 Å². The molecule has 1 heterocycles. The Balaban J connectivity index is 2.12. The average molecular weight is 300 g/mol. The lowest BCUT2D eigenvalue weighted by molar-refractivity contribution is -0.145. The Bertz CT molecular complexity index is 463. The summed E-state index contributed by atoms with van der Waals surface area (Å²) in [6.07, 6.45) is -1.39. The molecule has 1 aromatic carbocycles. The zero-order valence-corrected chi connectivity index (χ0v) is 10.3. The number of cyclic esters (lactones) is 1. The summed E-state index contributed by atoms with van der Waals surface area (Å²) >= 11 is 3.33. The highest BCUT2D eigenvalue weighted by molar-refractivity contribution is 9.10. The van der Waals surface area contributed by atoms with Crippen LogP contribution < -0.4 is 5.32 Å². The zero-order valence-electron chi connectivity index (χ0n) is 8.72. The van der Waals surface area contributed by atoms with Gasteiger partial charge in [-0.25, -0.2) is 9.59 Å². The number of benzene rings is 1. The number of carbonyl (C=O) groups excluding carboxylic acids is 1. The lowest BCUT2D eigenvalue weighted by atomic mass is 10.0. The molecule has 0 aliphatic carbocycles. The SMILES string of the molecule is O=C1NC(Cc2cccc(Br)c2)C(C(=O)O)O1. The summed E-state index contributed by atoms with van der Waals surface area (Å²) in [6, 6.07) is 6.95.